The van der Waals surface area contributed by atoms with Crippen LogP contribution in [0.2, 0.25) is 0 Å². The summed E-state index contributed by atoms with van der Waals surface area (Å²) in [6.07, 6.45) is 0.723. The van der Waals surface area contributed by atoms with Crippen molar-refractivity contribution in [3.63, 3.8) is 0 Å². The fourth-order valence-electron chi connectivity index (χ4n) is 3.54. The molecule has 166 valence electrons. The monoisotopic (exact) mass is 448 g/mol. The Labute approximate surface area is 181 Å². The molecule has 0 spiro atoms. The summed E-state index contributed by atoms with van der Waals surface area (Å²) in [7, 11) is -4.09. The number of carbonyl (C=O) groups is 2. The highest BCUT2D eigenvalue weighted by atomic mass is 32.2. The molecular formula is C22H25FN2O5S. The summed E-state index contributed by atoms with van der Waals surface area (Å²) in [6, 6.07) is 10.8. The molecule has 0 fully saturated rings. The van der Waals surface area contributed by atoms with Crippen LogP contribution in [0, 0.1) is 5.82 Å². The zero-order chi connectivity index (χ0) is 22.6. The summed E-state index contributed by atoms with van der Waals surface area (Å²) >= 11 is 0. The highest BCUT2D eigenvalue weighted by molar-refractivity contribution is 7.89. The number of rotatable bonds is 7. The van der Waals surface area contributed by atoms with E-state index in [1.807, 2.05) is 24.3 Å². The first-order valence-electron chi connectivity index (χ1n) is 10.1. The van der Waals surface area contributed by atoms with Crippen molar-refractivity contribution in [1.82, 2.24) is 9.21 Å². The summed E-state index contributed by atoms with van der Waals surface area (Å²) in [5, 5.41) is 0. The second-order valence-electron chi connectivity index (χ2n) is 7.14. The molecule has 0 saturated carbocycles. The SMILES string of the molecule is CCN(CC)S(=O)(=O)c1cc(C(=O)OCC(=O)N2CCc3ccccc3C2)ccc1F. The lowest BCUT2D eigenvalue weighted by atomic mass is 10.00. The smallest absolute Gasteiger partial charge is 0.338 e. The van der Waals surface area contributed by atoms with E-state index in [2.05, 4.69) is 0 Å². The molecule has 1 aliphatic heterocycles. The lowest BCUT2D eigenvalue weighted by Gasteiger charge is -2.28. The first kappa shape index (κ1) is 22.9. The largest absolute Gasteiger partial charge is 0.452 e. The Morgan fingerprint density at radius 1 is 1.10 bits per heavy atom. The van der Waals surface area contributed by atoms with E-state index in [1.165, 1.54) is 5.56 Å². The molecule has 2 aromatic rings. The van der Waals surface area contributed by atoms with Crippen molar-refractivity contribution in [2.45, 2.75) is 31.7 Å². The van der Waals surface area contributed by atoms with Gasteiger partial charge in [-0.1, -0.05) is 38.1 Å². The van der Waals surface area contributed by atoms with Crippen LogP contribution in [0.15, 0.2) is 47.4 Å². The van der Waals surface area contributed by atoms with Gasteiger partial charge in [0.15, 0.2) is 6.61 Å². The molecule has 7 nitrogen and oxygen atoms in total. The summed E-state index contributed by atoms with van der Waals surface area (Å²) in [5.41, 5.74) is 2.11. The van der Waals surface area contributed by atoms with Crippen molar-refractivity contribution < 1.29 is 27.1 Å². The van der Waals surface area contributed by atoms with Gasteiger partial charge in [-0.15, -0.1) is 0 Å². The van der Waals surface area contributed by atoms with Gasteiger partial charge in [0.1, 0.15) is 10.7 Å². The van der Waals surface area contributed by atoms with E-state index in [0.717, 1.165) is 34.5 Å². The number of esters is 1. The Morgan fingerprint density at radius 3 is 2.45 bits per heavy atom. The van der Waals surface area contributed by atoms with Crippen LogP contribution >= 0.6 is 0 Å². The van der Waals surface area contributed by atoms with Crippen LogP contribution in [0.1, 0.15) is 35.3 Å². The fraction of sp³-hybridized carbons (Fsp3) is 0.364. The summed E-state index contributed by atoms with van der Waals surface area (Å²) in [6.45, 7) is 4.10. The predicted molar refractivity (Wildman–Crippen MR) is 112 cm³/mol. The number of fused-ring (bicyclic) bond motifs is 1. The van der Waals surface area contributed by atoms with Crippen molar-refractivity contribution in [2.75, 3.05) is 26.2 Å². The average molecular weight is 449 g/mol. The maximum absolute atomic E-state index is 14.2. The minimum absolute atomic E-state index is 0.135. The van der Waals surface area contributed by atoms with Gasteiger partial charge in [0, 0.05) is 26.2 Å². The van der Waals surface area contributed by atoms with Crippen LogP contribution in [0.3, 0.4) is 0 Å². The molecule has 0 saturated heterocycles. The molecule has 9 heteroatoms. The summed E-state index contributed by atoms with van der Waals surface area (Å²) in [4.78, 5) is 25.9. The molecule has 1 heterocycles. The Hall–Kier alpha value is -2.78. The summed E-state index contributed by atoms with van der Waals surface area (Å²) in [5.74, 6) is -2.19. The van der Waals surface area contributed by atoms with E-state index in [4.69, 9.17) is 4.74 Å². The molecular weight excluding hydrogens is 423 g/mol. The Kier molecular flexibility index (Phi) is 7.07. The Balaban J connectivity index is 1.68. The van der Waals surface area contributed by atoms with E-state index >= 15 is 0 Å². The van der Waals surface area contributed by atoms with Crippen LogP contribution in [0.25, 0.3) is 0 Å². The second-order valence-corrected chi connectivity index (χ2v) is 9.05. The molecule has 0 unspecified atom stereocenters. The lowest BCUT2D eigenvalue weighted by Crippen LogP contribution is -2.38. The van der Waals surface area contributed by atoms with Gasteiger partial charge in [-0.05, 0) is 35.7 Å². The van der Waals surface area contributed by atoms with Gasteiger partial charge >= 0.3 is 5.97 Å². The van der Waals surface area contributed by atoms with Crippen LogP contribution in [-0.2, 0) is 32.5 Å². The number of amides is 1. The van der Waals surface area contributed by atoms with Crippen LogP contribution < -0.4 is 0 Å². The molecule has 0 radical (unpaired) electrons. The number of sulfonamides is 1. The topological polar surface area (TPSA) is 84.0 Å². The first-order chi connectivity index (χ1) is 14.8. The molecule has 2 aromatic carbocycles. The second kappa shape index (κ2) is 9.57. The van der Waals surface area contributed by atoms with Gasteiger partial charge in [0.2, 0.25) is 10.0 Å². The molecule has 3 rings (SSSR count). The lowest BCUT2D eigenvalue weighted by molar-refractivity contribution is -0.135. The van der Waals surface area contributed by atoms with Gasteiger partial charge < -0.3 is 9.64 Å². The number of halogens is 1. The van der Waals surface area contributed by atoms with E-state index < -0.39 is 33.3 Å². The van der Waals surface area contributed by atoms with Crippen LogP contribution in [0.5, 0.6) is 0 Å². The van der Waals surface area contributed by atoms with Crippen LogP contribution in [0.4, 0.5) is 4.39 Å². The number of hydrogen-bond acceptors (Lipinski definition) is 5. The van der Waals surface area contributed by atoms with E-state index in [-0.39, 0.29) is 24.6 Å². The zero-order valence-corrected chi connectivity index (χ0v) is 18.3. The van der Waals surface area contributed by atoms with E-state index in [9.17, 15) is 22.4 Å². The average Bonchev–Trinajstić information content (AvgIpc) is 2.77. The minimum atomic E-state index is -4.09. The van der Waals surface area contributed by atoms with E-state index in [0.29, 0.717) is 13.1 Å². The molecule has 0 atom stereocenters. The molecule has 0 aromatic heterocycles. The molecule has 31 heavy (non-hydrogen) atoms. The third-order valence-electron chi connectivity index (χ3n) is 5.30. The first-order valence-corrected chi connectivity index (χ1v) is 11.5. The third kappa shape index (κ3) is 4.94. The van der Waals surface area contributed by atoms with E-state index in [1.54, 1.807) is 18.7 Å². The van der Waals surface area contributed by atoms with Crippen molar-refractivity contribution in [1.29, 1.82) is 0 Å². The number of benzene rings is 2. The minimum Gasteiger partial charge on any atom is -0.452 e. The predicted octanol–water partition coefficient (Wildman–Crippen LogP) is 2.60. The quantitative estimate of drug-likeness (QED) is 0.608. The fourth-order valence-corrected chi connectivity index (χ4v) is 5.09. The summed E-state index contributed by atoms with van der Waals surface area (Å²) < 4.78 is 45.7. The number of carbonyl (C=O) groups excluding carboxylic acids is 2. The normalized spacial score (nSPS) is 13.7. The molecule has 1 aliphatic rings. The van der Waals surface area contributed by atoms with Crippen molar-refractivity contribution in [3.8, 4) is 0 Å². The Morgan fingerprint density at radius 2 is 1.77 bits per heavy atom. The maximum Gasteiger partial charge on any atom is 0.338 e. The maximum atomic E-state index is 14.2. The van der Waals surface area contributed by atoms with Crippen molar-refractivity contribution in [3.05, 3.63) is 65.0 Å². The number of nitrogens with zero attached hydrogens (tertiary/aromatic N) is 2. The third-order valence-corrected chi connectivity index (χ3v) is 7.37. The molecule has 0 bridgehead atoms. The number of ether oxygens (including phenoxy) is 1. The van der Waals surface area contributed by atoms with Crippen molar-refractivity contribution >= 4 is 21.9 Å². The van der Waals surface area contributed by atoms with Gasteiger partial charge in [0.25, 0.3) is 5.91 Å². The van der Waals surface area contributed by atoms with Crippen molar-refractivity contribution in [2.24, 2.45) is 0 Å². The number of hydrogen-bond donors (Lipinski definition) is 0. The molecule has 0 N–H and O–H groups in total. The van der Waals surface area contributed by atoms with Gasteiger partial charge in [-0.2, -0.15) is 4.31 Å². The molecule has 1 amide bonds. The highest BCUT2D eigenvalue weighted by Crippen LogP contribution is 2.22. The van der Waals surface area contributed by atoms with Gasteiger partial charge in [-0.3, -0.25) is 4.79 Å². The molecule has 0 aliphatic carbocycles. The highest BCUT2D eigenvalue weighted by Gasteiger charge is 2.27. The van der Waals surface area contributed by atoms with Crippen LogP contribution in [-0.4, -0.2) is 55.7 Å². The van der Waals surface area contributed by atoms with Gasteiger partial charge in [-0.25, -0.2) is 17.6 Å². The van der Waals surface area contributed by atoms with Gasteiger partial charge in [0.05, 0.1) is 5.56 Å². The Bertz CT molecular complexity index is 1080. The standard InChI is InChI=1S/C22H25FN2O5S/c1-3-25(4-2)31(28,29)20-13-17(9-10-19(20)23)22(27)30-15-21(26)24-12-11-16-7-5-6-8-18(16)14-24/h5-10,13H,3-4,11-12,14-15H2,1-2H3. The zero-order valence-electron chi connectivity index (χ0n) is 17.5.